The topological polar surface area (TPSA) is 51.8 Å². The lowest BCUT2D eigenvalue weighted by atomic mass is 9.92. The van der Waals surface area contributed by atoms with Crippen molar-refractivity contribution >= 4 is 21.7 Å². The van der Waals surface area contributed by atoms with E-state index in [9.17, 15) is 4.39 Å². The van der Waals surface area contributed by atoms with Gasteiger partial charge in [-0.1, -0.05) is 47.7 Å². The monoisotopic (exact) mass is 375 g/mol. The minimum absolute atomic E-state index is 0.0215. The van der Waals surface area contributed by atoms with Crippen LogP contribution in [0.1, 0.15) is 29.7 Å². The molecule has 27 heavy (non-hydrogen) atoms. The van der Waals surface area contributed by atoms with Gasteiger partial charge in [0.25, 0.3) is 0 Å². The number of hydrogen-bond donors (Lipinski definition) is 1. The predicted molar refractivity (Wildman–Crippen MR) is 107 cm³/mol. The van der Waals surface area contributed by atoms with Crippen LogP contribution in [-0.4, -0.2) is 9.97 Å². The van der Waals surface area contributed by atoms with Gasteiger partial charge in [0.2, 0.25) is 0 Å². The number of nitrogens with zero attached hydrogens (tertiary/aromatic N) is 2. The molecule has 0 bridgehead atoms. The second kappa shape index (κ2) is 6.22. The number of rotatable bonds is 4. The van der Waals surface area contributed by atoms with Gasteiger partial charge in [-0.15, -0.1) is 0 Å². The molecule has 1 aliphatic carbocycles. The molecule has 3 nitrogen and oxygen atoms in total. The SMILES string of the molecule is NCc1ccc(-c2nc3ccc(C4(c5ccccc5)CC4)nc3s2)c(F)c1. The lowest BCUT2D eigenvalue weighted by Crippen LogP contribution is -2.10. The van der Waals surface area contributed by atoms with Crippen LogP contribution in [0, 0.1) is 5.82 Å². The van der Waals surface area contributed by atoms with E-state index in [0.717, 1.165) is 34.4 Å². The van der Waals surface area contributed by atoms with Crippen LogP contribution < -0.4 is 5.73 Å². The first-order valence-corrected chi connectivity index (χ1v) is 9.84. The Morgan fingerprint density at radius 3 is 2.52 bits per heavy atom. The van der Waals surface area contributed by atoms with Crippen LogP contribution in [-0.2, 0) is 12.0 Å². The summed E-state index contributed by atoms with van der Waals surface area (Å²) in [5, 5.41) is 0.653. The molecule has 0 spiro atoms. The van der Waals surface area contributed by atoms with Gasteiger partial charge < -0.3 is 5.73 Å². The molecule has 0 atom stereocenters. The zero-order valence-corrected chi connectivity index (χ0v) is 15.5. The Morgan fingerprint density at radius 2 is 1.81 bits per heavy atom. The molecular weight excluding hydrogens is 357 g/mol. The van der Waals surface area contributed by atoms with E-state index in [4.69, 9.17) is 10.7 Å². The van der Waals surface area contributed by atoms with Crippen molar-refractivity contribution in [1.29, 1.82) is 0 Å². The second-order valence-corrected chi connectivity index (χ2v) is 7.98. The van der Waals surface area contributed by atoms with Gasteiger partial charge in [-0.3, -0.25) is 0 Å². The number of halogens is 1. The van der Waals surface area contributed by atoms with E-state index in [-0.39, 0.29) is 11.2 Å². The van der Waals surface area contributed by atoms with Gasteiger partial charge in [0.05, 0.1) is 5.69 Å². The maximum Gasteiger partial charge on any atom is 0.144 e. The van der Waals surface area contributed by atoms with Crippen molar-refractivity contribution < 1.29 is 4.39 Å². The smallest absolute Gasteiger partial charge is 0.144 e. The van der Waals surface area contributed by atoms with E-state index in [2.05, 4.69) is 35.3 Å². The Balaban J connectivity index is 1.56. The first kappa shape index (κ1) is 16.5. The molecule has 0 saturated heterocycles. The second-order valence-electron chi connectivity index (χ2n) is 7.01. The van der Waals surface area contributed by atoms with Gasteiger partial charge in [-0.25, -0.2) is 14.4 Å². The molecule has 2 heterocycles. The van der Waals surface area contributed by atoms with E-state index >= 15 is 0 Å². The third-order valence-electron chi connectivity index (χ3n) is 5.32. The van der Waals surface area contributed by atoms with Gasteiger partial charge >= 0.3 is 0 Å². The summed E-state index contributed by atoms with van der Waals surface area (Å²) in [5.74, 6) is -0.292. The van der Waals surface area contributed by atoms with E-state index in [1.807, 2.05) is 18.2 Å². The predicted octanol–water partition coefficient (Wildman–Crippen LogP) is 5.04. The molecule has 1 fully saturated rings. The van der Waals surface area contributed by atoms with Crippen LogP contribution in [0.15, 0.2) is 60.7 Å². The summed E-state index contributed by atoms with van der Waals surface area (Å²) in [6.45, 7) is 0.323. The maximum absolute atomic E-state index is 14.4. The van der Waals surface area contributed by atoms with Crippen LogP contribution in [0.4, 0.5) is 4.39 Å². The third-order valence-corrected chi connectivity index (χ3v) is 6.32. The molecule has 1 aliphatic rings. The number of nitrogens with two attached hydrogens (primary N) is 1. The molecular formula is C22H18FN3S. The Kier molecular flexibility index (Phi) is 3.81. The highest BCUT2D eigenvalue weighted by molar-refractivity contribution is 7.21. The molecule has 4 aromatic rings. The summed E-state index contributed by atoms with van der Waals surface area (Å²) in [4.78, 5) is 10.4. The van der Waals surface area contributed by atoms with E-state index in [1.54, 1.807) is 6.07 Å². The van der Waals surface area contributed by atoms with Crippen LogP contribution in [0.5, 0.6) is 0 Å². The van der Waals surface area contributed by atoms with Crippen molar-refractivity contribution in [1.82, 2.24) is 9.97 Å². The highest BCUT2D eigenvalue weighted by atomic mass is 32.1. The number of hydrogen-bond acceptors (Lipinski definition) is 4. The van der Waals surface area contributed by atoms with Gasteiger partial charge in [0, 0.05) is 17.5 Å². The average Bonchev–Trinajstić information content (AvgIpc) is 3.41. The zero-order valence-electron chi connectivity index (χ0n) is 14.7. The van der Waals surface area contributed by atoms with Crippen LogP contribution >= 0.6 is 11.3 Å². The Hall–Kier alpha value is -2.63. The fraction of sp³-hybridized carbons (Fsp3) is 0.182. The molecule has 0 aliphatic heterocycles. The van der Waals surface area contributed by atoms with Crippen molar-refractivity contribution in [2.24, 2.45) is 5.73 Å². The quantitative estimate of drug-likeness (QED) is 0.544. The Morgan fingerprint density at radius 1 is 1.00 bits per heavy atom. The van der Waals surface area contributed by atoms with Gasteiger partial charge in [-0.05, 0) is 48.2 Å². The van der Waals surface area contributed by atoms with Gasteiger partial charge in [0.15, 0.2) is 0 Å². The summed E-state index contributed by atoms with van der Waals surface area (Å²) in [6.07, 6.45) is 2.21. The van der Waals surface area contributed by atoms with Crippen molar-refractivity contribution in [2.75, 3.05) is 0 Å². The van der Waals surface area contributed by atoms with E-state index in [0.29, 0.717) is 17.1 Å². The van der Waals surface area contributed by atoms with Crippen molar-refractivity contribution in [3.63, 3.8) is 0 Å². The summed E-state index contributed by atoms with van der Waals surface area (Å²) in [6, 6.07) is 19.7. The number of fused-ring (bicyclic) bond motifs is 1. The molecule has 5 rings (SSSR count). The van der Waals surface area contributed by atoms with Crippen molar-refractivity contribution in [3.05, 3.63) is 83.3 Å². The zero-order chi connectivity index (χ0) is 18.4. The first-order chi connectivity index (χ1) is 13.2. The highest BCUT2D eigenvalue weighted by Crippen LogP contribution is 2.53. The van der Waals surface area contributed by atoms with Crippen molar-refractivity contribution in [2.45, 2.75) is 24.8 Å². The summed E-state index contributed by atoms with van der Waals surface area (Å²) in [5.41, 5.74) is 10.1. The molecule has 2 aromatic heterocycles. The summed E-state index contributed by atoms with van der Waals surface area (Å²) < 4.78 is 14.4. The molecule has 134 valence electrons. The number of pyridine rings is 1. The normalized spacial score (nSPS) is 15.2. The van der Waals surface area contributed by atoms with E-state index < -0.39 is 0 Å². The maximum atomic E-state index is 14.4. The third kappa shape index (κ3) is 2.74. The Bertz CT molecular complexity index is 1130. The van der Waals surface area contributed by atoms with Crippen LogP contribution in [0.3, 0.4) is 0 Å². The van der Waals surface area contributed by atoms with Gasteiger partial charge in [0.1, 0.15) is 21.2 Å². The number of benzene rings is 2. The minimum Gasteiger partial charge on any atom is -0.326 e. The fourth-order valence-corrected chi connectivity index (χ4v) is 4.60. The Labute approximate surface area is 160 Å². The largest absolute Gasteiger partial charge is 0.326 e. The molecule has 2 N–H and O–H groups in total. The first-order valence-electron chi connectivity index (χ1n) is 9.02. The molecule has 0 radical (unpaired) electrons. The number of thiazole rings is 1. The molecule has 5 heteroatoms. The number of aromatic nitrogens is 2. The summed E-state index contributed by atoms with van der Waals surface area (Å²) >= 11 is 1.44. The standard InChI is InChI=1S/C22H18FN3S/c23-17-12-14(13-24)6-7-16(17)20-25-18-8-9-19(26-21(18)27-20)22(10-11-22)15-4-2-1-3-5-15/h1-9,12H,10-11,13,24H2. The lowest BCUT2D eigenvalue weighted by molar-refractivity contribution is 0.629. The lowest BCUT2D eigenvalue weighted by Gasteiger charge is -2.14. The molecule has 0 unspecified atom stereocenters. The molecule has 2 aromatic carbocycles. The van der Waals surface area contributed by atoms with Crippen molar-refractivity contribution in [3.8, 4) is 10.6 Å². The highest BCUT2D eigenvalue weighted by Gasteiger charge is 2.47. The van der Waals surface area contributed by atoms with Gasteiger partial charge in [-0.2, -0.15) is 0 Å². The van der Waals surface area contributed by atoms with E-state index in [1.165, 1.54) is 23.0 Å². The average molecular weight is 375 g/mol. The minimum atomic E-state index is -0.292. The van der Waals surface area contributed by atoms with Crippen LogP contribution in [0.25, 0.3) is 20.9 Å². The molecule has 1 saturated carbocycles. The summed E-state index contributed by atoms with van der Waals surface area (Å²) in [7, 11) is 0. The van der Waals surface area contributed by atoms with Crippen LogP contribution in [0.2, 0.25) is 0 Å². The fourth-order valence-electron chi connectivity index (χ4n) is 3.63. The molecule has 0 amide bonds.